The van der Waals surface area contributed by atoms with E-state index >= 15 is 0 Å². The first-order valence-electron chi connectivity index (χ1n) is 5.60. The van der Waals surface area contributed by atoms with Crippen LogP contribution in [-0.4, -0.2) is 4.99 Å². The molecule has 0 aromatic heterocycles. The van der Waals surface area contributed by atoms with E-state index in [1.165, 1.54) is 0 Å². The molecule has 0 saturated carbocycles. The molecular formula is C14H12BrClN2S. The van der Waals surface area contributed by atoms with Crippen LogP contribution < -0.4 is 11.1 Å². The second-order valence-corrected chi connectivity index (χ2v) is 5.93. The van der Waals surface area contributed by atoms with E-state index < -0.39 is 0 Å². The summed E-state index contributed by atoms with van der Waals surface area (Å²) in [6.07, 6.45) is 0. The number of halogens is 2. The molecule has 3 N–H and O–H groups in total. The lowest BCUT2D eigenvalue weighted by atomic mass is 10.1. The fraction of sp³-hybridized carbons (Fsp3) is 0.0714. The van der Waals surface area contributed by atoms with Crippen LogP contribution in [0.3, 0.4) is 0 Å². The van der Waals surface area contributed by atoms with Crippen molar-refractivity contribution >= 4 is 56.1 Å². The Morgan fingerprint density at radius 2 is 1.89 bits per heavy atom. The summed E-state index contributed by atoms with van der Waals surface area (Å²) in [6.45, 7) is 2.00. The van der Waals surface area contributed by atoms with Gasteiger partial charge in [0.25, 0.3) is 0 Å². The van der Waals surface area contributed by atoms with Gasteiger partial charge >= 0.3 is 0 Å². The fourth-order valence-corrected chi connectivity index (χ4v) is 2.51. The molecule has 0 amide bonds. The normalized spacial score (nSPS) is 10.3. The third-order valence-corrected chi connectivity index (χ3v) is 3.67. The summed E-state index contributed by atoms with van der Waals surface area (Å²) >= 11 is 14.7. The van der Waals surface area contributed by atoms with E-state index in [0.717, 1.165) is 27.0 Å². The molecule has 2 nitrogen and oxygen atoms in total. The van der Waals surface area contributed by atoms with E-state index in [1.807, 2.05) is 43.3 Å². The second-order valence-electron chi connectivity index (χ2n) is 4.16. The Balaban J connectivity index is 2.40. The van der Waals surface area contributed by atoms with Gasteiger partial charge in [-0.25, -0.2) is 0 Å². The third-order valence-electron chi connectivity index (χ3n) is 2.64. The standard InChI is InChI=1S/C14H12BrClN2S/c1-8-2-4-13(11(16)6-8)18-12-5-3-9(15)7-10(12)14(17)19/h2-7,18H,1H3,(H2,17,19). The van der Waals surface area contributed by atoms with Gasteiger partial charge in [-0.2, -0.15) is 0 Å². The van der Waals surface area contributed by atoms with Crippen LogP contribution >= 0.6 is 39.7 Å². The Morgan fingerprint density at radius 3 is 2.53 bits per heavy atom. The molecule has 0 radical (unpaired) electrons. The predicted molar refractivity (Wildman–Crippen MR) is 89.5 cm³/mol. The van der Waals surface area contributed by atoms with Crippen molar-refractivity contribution in [3.05, 3.63) is 57.0 Å². The molecule has 0 bridgehead atoms. The summed E-state index contributed by atoms with van der Waals surface area (Å²) in [4.78, 5) is 0.340. The van der Waals surface area contributed by atoms with Crippen LogP contribution in [-0.2, 0) is 0 Å². The molecule has 0 aliphatic rings. The van der Waals surface area contributed by atoms with E-state index in [4.69, 9.17) is 29.6 Å². The zero-order valence-corrected chi connectivity index (χ0v) is 13.4. The van der Waals surface area contributed by atoms with Crippen LogP contribution in [0, 0.1) is 6.92 Å². The van der Waals surface area contributed by atoms with Crippen molar-refractivity contribution in [1.29, 1.82) is 0 Å². The summed E-state index contributed by atoms with van der Waals surface area (Å²) in [7, 11) is 0. The van der Waals surface area contributed by atoms with Crippen molar-refractivity contribution in [3.63, 3.8) is 0 Å². The molecule has 98 valence electrons. The minimum Gasteiger partial charge on any atom is -0.389 e. The largest absolute Gasteiger partial charge is 0.389 e. The van der Waals surface area contributed by atoms with Gasteiger partial charge in [-0.1, -0.05) is 45.8 Å². The number of hydrogen-bond acceptors (Lipinski definition) is 2. The van der Waals surface area contributed by atoms with Gasteiger partial charge in [0.2, 0.25) is 0 Å². The lowest BCUT2D eigenvalue weighted by Crippen LogP contribution is -2.12. The number of rotatable bonds is 3. The van der Waals surface area contributed by atoms with Gasteiger partial charge < -0.3 is 11.1 Å². The molecule has 0 atom stereocenters. The molecule has 0 spiro atoms. The minimum absolute atomic E-state index is 0.340. The van der Waals surface area contributed by atoms with Gasteiger partial charge in [0.1, 0.15) is 4.99 Å². The number of aryl methyl sites for hydroxylation is 1. The number of anilines is 2. The van der Waals surface area contributed by atoms with Gasteiger partial charge in [0.05, 0.1) is 10.7 Å². The van der Waals surface area contributed by atoms with Crippen molar-refractivity contribution in [3.8, 4) is 0 Å². The van der Waals surface area contributed by atoms with Crippen LogP contribution in [0.4, 0.5) is 11.4 Å². The Labute approximate surface area is 131 Å². The Hall–Kier alpha value is -1.10. The maximum Gasteiger partial charge on any atom is 0.106 e. The molecule has 2 aromatic carbocycles. The molecule has 5 heteroatoms. The van der Waals surface area contributed by atoms with E-state index in [-0.39, 0.29) is 0 Å². The van der Waals surface area contributed by atoms with E-state index in [1.54, 1.807) is 0 Å². The van der Waals surface area contributed by atoms with Crippen molar-refractivity contribution in [1.82, 2.24) is 0 Å². The zero-order valence-electron chi connectivity index (χ0n) is 10.2. The third kappa shape index (κ3) is 3.47. The number of nitrogens with one attached hydrogen (secondary N) is 1. The summed E-state index contributed by atoms with van der Waals surface area (Å²) in [6, 6.07) is 11.5. The molecule has 0 fully saturated rings. The first kappa shape index (κ1) is 14.3. The van der Waals surface area contributed by atoms with E-state index in [9.17, 15) is 0 Å². The molecule has 0 aliphatic carbocycles. The Bertz CT molecular complexity index is 643. The van der Waals surface area contributed by atoms with Gasteiger partial charge in [-0.15, -0.1) is 0 Å². The topological polar surface area (TPSA) is 38.0 Å². The van der Waals surface area contributed by atoms with Crippen molar-refractivity contribution in [2.45, 2.75) is 6.92 Å². The van der Waals surface area contributed by atoms with Gasteiger partial charge in [-0.3, -0.25) is 0 Å². The Morgan fingerprint density at radius 1 is 1.21 bits per heavy atom. The lowest BCUT2D eigenvalue weighted by Gasteiger charge is -2.13. The van der Waals surface area contributed by atoms with Crippen molar-refractivity contribution in [2.75, 3.05) is 5.32 Å². The average Bonchev–Trinajstić information content (AvgIpc) is 2.34. The SMILES string of the molecule is Cc1ccc(Nc2ccc(Br)cc2C(N)=S)c(Cl)c1. The highest BCUT2D eigenvalue weighted by Crippen LogP contribution is 2.29. The lowest BCUT2D eigenvalue weighted by molar-refractivity contribution is 1.45. The highest BCUT2D eigenvalue weighted by Gasteiger charge is 2.08. The predicted octanol–water partition coefficient (Wildman–Crippen LogP) is 4.79. The van der Waals surface area contributed by atoms with E-state index in [0.29, 0.717) is 10.0 Å². The monoisotopic (exact) mass is 354 g/mol. The van der Waals surface area contributed by atoms with E-state index in [2.05, 4.69) is 21.2 Å². The average molecular weight is 356 g/mol. The van der Waals surface area contributed by atoms with Crippen molar-refractivity contribution < 1.29 is 0 Å². The quantitative estimate of drug-likeness (QED) is 0.778. The molecular weight excluding hydrogens is 344 g/mol. The molecule has 2 rings (SSSR count). The molecule has 19 heavy (non-hydrogen) atoms. The van der Waals surface area contributed by atoms with Crippen LogP contribution in [0.25, 0.3) is 0 Å². The summed E-state index contributed by atoms with van der Waals surface area (Å²) in [5, 5.41) is 3.92. The molecule has 0 aliphatic heterocycles. The molecule has 0 unspecified atom stereocenters. The van der Waals surface area contributed by atoms with Gasteiger partial charge in [0.15, 0.2) is 0 Å². The number of nitrogens with two attached hydrogens (primary N) is 1. The summed E-state index contributed by atoms with van der Waals surface area (Å²) in [5.41, 5.74) is 9.29. The van der Waals surface area contributed by atoms with Crippen LogP contribution in [0.15, 0.2) is 40.9 Å². The summed E-state index contributed by atoms with van der Waals surface area (Å²) in [5.74, 6) is 0. The Kier molecular flexibility index (Phi) is 4.45. The maximum absolute atomic E-state index is 6.21. The van der Waals surface area contributed by atoms with Crippen LogP contribution in [0.1, 0.15) is 11.1 Å². The smallest absolute Gasteiger partial charge is 0.106 e. The minimum atomic E-state index is 0.340. The molecule has 2 aromatic rings. The van der Waals surface area contributed by atoms with Crippen LogP contribution in [0.5, 0.6) is 0 Å². The number of thiocarbonyl (C=S) groups is 1. The second kappa shape index (κ2) is 5.90. The summed E-state index contributed by atoms with van der Waals surface area (Å²) < 4.78 is 0.927. The van der Waals surface area contributed by atoms with Crippen molar-refractivity contribution in [2.24, 2.45) is 5.73 Å². The first-order chi connectivity index (χ1) is 8.97. The zero-order chi connectivity index (χ0) is 14.0. The highest BCUT2D eigenvalue weighted by atomic mass is 79.9. The maximum atomic E-state index is 6.21. The number of benzene rings is 2. The first-order valence-corrected chi connectivity index (χ1v) is 7.18. The fourth-order valence-electron chi connectivity index (χ4n) is 1.70. The van der Waals surface area contributed by atoms with Crippen LogP contribution in [0.2, 0.25) is 5.02 Å². The van der Waals surface area contributed by atoms with Gasteiger partial charge in [-0.05, 0) is 42.8 Å². The molecule has 0 saturated heterocycles. The van der Waals surface area contributed by atoms with Gasteiger partial charge in [0, 0.05) is 15.7 Å². The highest BCUT2D eigenvalue weighted by molar-refractivity contribution is 9.10. The number of hydrogen-bond donors (Lipinski definition) is 2. The molecule has 0 heterocycles.